The number of hydrogen-bond donors (Lipinski definition) is 1. The van der Waals surface area contributed by atoms with Gasteiger partial charge in [-0.1, -0.05) is 35.3 Å². The van der Waals surface area contributed by atoms with E-state index >= 15 is 0 Å². The molecule has 0 bridgehead atoms. The minimum Gasteiger partial charge on any atom is -0.507 e. The fourth-order valence-corrected chi connectivity index (χ4v) is 3.83. The van der Waals surface area contributed by atoms with Crippen LogP contribution in [0.2, 0.25) is 10.0 Å². The number of aliphatic hydroxyl groups is 1. The van der Waals surface area contributed by atoms with E-state index in [1.807, 2.05) is 0 Å². The molecule has 1 fully saturated rings. The smallest absolute Gasteiger partial charge is 0.295 e. The molecular weight excluding hydrogens is 442 g/mol. The predicted molar refractivity (Wildman–Crippen MR) is 115 cm³/mol. The second-order valence-electron chi connectivity index (χ2n) is 6.97. The maximum absolute atomic E-state index is 13.3. The molecule has 156 valence electrons. The number of carbonyl (C=O) groups is 2. The second-order valence-corrected chi connectivity index (χ2v) is 7.78. The van der Waals surface area contributed by atoms with Crippen molar-refractivity contribution < 1.29 is 19.1 Å². The van der Waals surface area contributed by atoms with Gasteiger partial charge >= 0.3 is 0 Å². The molecule has 8 heteroatoms. The molecule has 3 aromatic rings. The summed E-state index contributed by atoms with van der Waals surface area (Å²) >= 11 is 12.2. The highest BCUT2D eigenvalue weighted by Gasteiger charge is 2.46. The summed E-state index contributed by atoms with van der Waals surface area (Å²) in [5.74, 6) is -2.51. The summed E-state index contributed by atoms with van der Waals surface area (Å²) in [6.07, 6.45) is 3.19. The Labute approximate surface area is 187 Å². The van der Waals surface area contributed by atoms with Crippen LogP contribution in [0.3, 0.4) is 0 Å². The number of pyridine rings is 1. The van der Waals surface area contributed by atoms with E-state index in [-0.39, 0.29) is 22.7 Å². The molecule has 1 aliphatic rings. The number of likely N-dealkylation sites (tertiary alicyclic amines) is 1. The van der Waals surface area contributed by atoms with E-state index < -0.39 is 29.3 Å². The number of carbonyl (C=O) groups excluding carboxylic acids is 2. The van der Waals surface area contributed by atoms with Gasteiger partial charge in [-0.05, 0) is 53.6 Å². The number of aliphatic hydroxyl groups excluding tert-OH is 1. The zero-order valence-electron chi connectivity index (χ0n) is 15.9. The van der Waals surface area contributed by atoms with Crippen LogP contribution in [0.4, 0.5) is 4.39 Å². The quantitative estimate of drug-likeness (QED) is 0.334. The molecule has 0 unspecified atom stereocenters. The fraction of sp³-hybridized carbons (Fsp3) is 0.0870. The van der Waals surface area contributed by atoms with Crippen molar-refractivity contribution in [3.05, 3.63) is 105 Å². The summed E-state index contributed by atoms with van der Waals surface area (Å²) in [6.45, 7) is 0.0868. The van der Waals surface area contributed by atoms with Gasteiger partial charge in [0.15, 0.2) is 0 Å². The van der Waals surface area contributed by atoms with Gasteiger partial charge in [0.05, 0.1) is 21.7 Å². The lowest BCUT2D eigenvalue weighted by Crippen LogP contribution is -2.29. The van der Waals surface area contributed by atoms with Gasteiger partial charge < -0.3 is 10.0 Å². The topological polar surface area (TPSA) is 70.5 Å². The van der Waals surface area contributed by atoms with Crippen molar-refractivity contribution in [2.75, 3.05) is 0 Å². The maximum Gasteiger partial charge on any atom is 0.295 e. The zero-order chi connectivity index (χ0) is 22.1. The van der Waals surface area contributed by atoms with Crippen LogP contribution in [0.5, 0.6) is 0 Å². The van der Waals surface area contributed by atoms with Gasteiger partial charge in [-0.15, -0.1) is 0 Å². The van der Waals surface area contributed by atoms with Crippen molar-refractivity contribution in [2.24, 2.45) is 0 Å². The Balaban J connectivity index is 1.88. The number of Topliss-reactive ketones (excluding diaryl/α,β-unsaturated/α-hetero) is 1. The monoisotopic (exact) mass is 456 g/mol. The van der Waals surface area contributed by atoms with E-state index in [9.17, 15) is 19.1 Å². The van der Waals surface area contributed by atoms with Gasteiger partial charge in [0.1, 0.15) is 11.6 Å². The maximum atomic E-state index is 13.3. The molecule has 1 atom stereocenters. The first-order chi connectivity index (χ1) is 14.9. The van der Waals surface area contributed by atoms with Crippen LogP contribution >= 0.6 is 23.2 Å². The normalized spacial score (nSPS) is 17.9. The van der Waals surface area contributed by atoms with Gasteiger partial charge in [-0.25, -0.2) is 4.39 Å². The third kappa shape index (κ3) is 4.04. The molecule has 1 amide bonds. The van der Waals surface area contributed by atoms with Crippen LogP contribution < -0.4 is 0 Å². The van der Waals surface area contributed by atoms with Crippen LogP contribution in [0.15, 0.2) is 72.6 Å². The van der Waals surface area contributed by atoms with Gasteiger partial charge in [-0.3, -0.25) is 14.6 Å². The summed E-state index contributed by atoms with van der Waals surface area (Å²) in [4.78, 5) is 31.3. The molecule has 1 N–H and O–H groups in total. The highest BCUT2D eigenvalue weighted by Crippen LogP contribution is 2.41. The minimum absolute atomic E-state index is 0.0868. The average molecular weight is 457 g/mol. The van der Waals surface area contributed by atoms with Crippen LogP contribution in [-0.4, -0.2) is 26.7 Å². The third-order valence-electron chi connectivity index (χ3n) is 4.99. The number of amides is 1. The zero-order valence-corrected chi connectivity index (χ0v) is 17.4. The van der Waals surface area contributed by atoms with Crippen LogP contribution in [0, 0.1) is 5.82 Å². The van der Waals surface area contributed by atoms with Crippen LogP contribution in [0.1, 0.15) is 22.7 Å². The van der Waals surface area contributed by atoms with E-state index in [0.717, 1.165) is 12.1 Å². The average Bonchev–Trinajstić information content (AvgIpc) is 3.01. The molecule has 2 heterocycles. The lowest BCUT2D eigenvalue weighted by molar-refractivity contribution is -0.140. The van der Waals surface area contributed by atoms with E-state index in [1.165, 1.54) is 17.0 Å². The number of halogens is 3. The number of hydrogen-bond acceptors (Lipinski definition) is 4. The number of benzene rings is 2. The molecule has 5 nitrogen and oxygen atoms in total. The molecule has 0 saturated carbocycles. The van der Waals surface area contributed by atoms with Crippen LogP contribution in [-0.2, 0) is 16.1 Å². The molecule has 2 aromatic carbocycles. The molecule has 4 rings (SSSR count). The highest BCUT2D eigenvalue weighted by atomic mass is 35.5. The van der Waals surface area contributed by atoms with E-state index in [4.69, 9.17) is 23.2 Å². The van der Waals surface area contributed by atoms with E-state index in [0.29, 0.717) is 16.1 Å². The Bertz CT molecular complexity index is 1200. The Morgan fingerprint density at radius 2 is 1.81 bits per heavy atom. The Morgan fingerprint density at radius 1 is 1.06 bits per heavy atom. The highest BCUT2D eigenvalue weighted by molar-refractivity contribution is 6.46. The van der Waals surface area contributed by atoms with Crippen molar-refractivity contribution >= 4 is 40.7 Å². The second kappa shape index (κ2) is 8.49. The predicted octanol–water partition coefficient (Wildman–Crippen LogP) is 5.15. The Morgan fingerprint density at radius 3 is 2.45 bits per heavy atom. The SMILES string of the molecule is O=C1C(=O)N(Cc2cccnc2)[C@H](c2ccc(Cl)c(Cl)c2)C1=C(O)c1ccc(F)cc1. The molecule has 0 radical (unpaired) electrons. The lowest BCUT2D eigenvalue weighted by atomic mass is 9.95. The van der Waals surface area contributed by atoms with Crippen molar-refractivity contribution in [3.8, 4) is 0 Å². The van der Waals surface area contributed by atoms with Crippen molar-refractivity contribution in [1.29, 1.82) is 0 Å². The van der Waals surface area contributed by atoms with Crippen LogP contribution in [0.25, 0.3) is 5.76 Å². The molecule has 31 heavy (non-hydrogen) atoms. The van der Waals surface area contributed by atoms with E-state index in [1.54, 1.807) is 42.7 Å². The third-order valence-corrected chi connectivity index (χ3v) is 5.73. The lowest BCUT2D eigenvalue weighted by Gasteiger charge is -2.25. The van der Waals surface area contributed by atoms with Crippen molar-refractivity contribution in [1.82, 2.24) is 9.88 Å². The molecule has 1 aromatic heterocycles. The summed E-state index contributed by atoms with van der Waals surface area (Å²) in [6, 6.07) is 12.3. The molecule has 0 aliphatic carbocycles. The fourth-order valence-electron chi connectivity index (χ4n) is 3.52. The van der Waals surface area contributed by atoms with Gasteiger partial charge in [-0.2, -0.15) is 0 Å². The number of ketones is 1. The Hall–Kier alpha value is -3.22. The minimum atomic E-state index is -0.917. The number of nitrogens with zero attached hydrogens (tertiary/aromatic N) is 2. The van der Waals surface area contributed by atoms with Gasteiger partial charge in [0, 0.05) is 24.5 Å². The molecule has 1 aliphatic heterocycles. The van der Waals surface area contributed by atoms with Crippen molar-refractivity contribution in [2.45, 2.75) is 12.6 Å². The summed E-state index contributed by atoms with van der Waals surface area (Å²) in [5.41, 5.74) is 1.31. The Kier molecular flexibility index (Phi) is 5.76. The summed E-state index contributed by atoms with van der Waals surface area (Å²) in [7, 11) is 0. The molecule has 1 saturated heterocycles. The first kappa shape index (κ1) is 21.0. The summed E-state index contributed by atoms with van der Waals surface area (Å²) in [5, 5.41) is 11.5. The molecule has 0 spiro atoms. The first-order valence-corrected chi connectivity index (χ1v) is 10.0. The van der Waals surface area contributed by atoms with E-state index in [2.05, 4.69) is 4.98 Å². The van der Waals surface area contributed by atoms with Gasteiger partial charge in [0.25, 0.3) is 11.7 Å². The van der Waals surface area contributed by atoms with Gasteiger partial charge in [0.2, 0.25) is 0 Å². The largest absolute Gasteiger partial charge is 0.507 e. The standard InChI is InChI=1S/C23H15Cl2FN2O3/c24-17-8-5-15(10-18(17)25)20-19(21(29)14-3-6-16(26)7-4-14)22(30)23(31)28(20)12-13-2-1-9-27-11-13/h1-11,20,29H,12H2/t20-/m1/s1. The summed E-state index contributed by atoms with van der Waals surface area (Å²) < 4.78 is 13.3. The number of aromatic nitrogens is 1. The number of rotatable bonds is 4. The van der Waals surface area contributed by atoms with Crippen molar-refractivity contribution in [3.63, 3.8) is 0 Å². The molecular formula is C23H15Cl2FN2O3. The first-order valence-electron chi connectivity index (χ1n) is 9.25.